The zero-order valence-corrected chi connectivity index (χ0v) is 16.7. The first-order valence-corrected chi connectivity index (χ1v) is 9.54. The molecule has 0 spiro atoms. The minimum atomic E-state index is -0.217. The highest BCUT2D eigenvalue weighted by atomic mass is 35.5. The molecular formula is C21H31ClN2O2. The maximum Gasteiger partial charge on any atom is 0.325 e. The average Bonchev–Trinajstić information content (AvgIpc) is 3.04. The molecule has 5 heteroatoms. The van der Waals surface area contributed by atoms with Crippen molar-refractivity contribution in [3.63, 3.8) is 0 Å². The van der Waals surface area contributed by atoms with E-state index in [1.807, 2.05) is 10.8 Å². The molecule has 1 N–H and O–H groups in total. The number of para-hydroxylation sites is 1. The third-order valence-corrected chi connectivity index (χ3v) is 5.45. The first-order chi connectivity index (χ1) is 12.2. The number of nitrogens with one attached hydrogen (secondary N) is 1. The van der Waals surface area contributed by atoms with Crippen LogP contribution in [-0.4, -0.2) is 23.7 Å². The van der Waals surface area contributed by atoms with E-state index < -0.39 is 0 Å². The van der Waals surface area contributed by atoms with Crippen LogP contribution in [0.4, 0.5) is 0 Å². The third kappa shape index (κ3) is 5.24. The summed E-state index contributed by atoms with van der Waals surface area (Å²) in [5.74, 6) is 0.668. The van der Waals surface area contributed by atoms with Gasteiger partial charge in [0.25, 0.3) is 0 Å². The molecule has 1 fully saturated rings. The Kier molecular flexibility index (Phi) is 7.98. The van der Waals surface area contributed by atoms with Crippen molar-refractivity contribution in [3.8, 4) is 0 Å². The van der Waals surface area contributed by atoms with Crippen molar-refractivity contribution in [1.29, 1.82) is 0 Å². The molecule has 1 aromatic heterocycles. The van der Waals surface area contributed by atoms with Crippen LogP contribution in [-0.2, 0) is 22.6 Å². The summed E-state index contributed by atoms with van der Waals surface area (Å²) in [7, 11) is 1.43. The van der Waals surface area contributed by atoms with E-state index in [-0.39, 0.29) is 24.9 Å². The Bertz CT molecular complexity index is 707. The lowest BCUT2D eigenvalue weighted by molar-refractivity contribution is -0.141. The number of fused-ring (bicyclic) bond motifs is 1. The minimum Gasteiger partial charge on any atom is -0.468 e. The van der Waals surface area contributed by atoms with Crippen molar-refractivity contribution >= 4 is 29.3 Å². The van der Waals surface area contributed by atoms with E-state index in [9.17, 15) is 4.79 Å². The number of rotatable bonds is 7. The number of hydrogen-bond donors (Lipinski definition) is 1. The number of carbonyl (C=O) groups is 1. The molecule has 1 saturated carbocycles. The van der Waals surface area contributed by atoms with Crippen molar-refractivity contribution in [3.05, 3.63) is 36.0 Å². The number of ether oxygens (including phenoxy) is 1. The molecule has 1 aromatic carbocycles. The molecule has 0 bridgehead atoms. The second kappa shape index (κ2) is 9.98. The van der Waals surface area contributed by atoms with Gasteiger partial charge in [-0.25, -0.2) is 0 Å². The van der Waals surface area contributed by atoms with Crippen LogP contribution in [0.5, 0.6) is 0 Å². The van der Waals surface area contributed by atoms with Crippen LogP contribution >= 0.6 is 12.4 Å². The molecule has 0 aliphatic heterocycles. The van der Waals surface area contributed by atoms with Gasteiger partial charge < -0.3 is 14.6 Å². The van der Waals surface area contributed by atoms with E-state index in [0.29, 0.717) is 6.04 Å². The number of esters is 1. The lowest BCUT2D eigenvalue weighted by Gasteiger charge is -2.25. The predicted molar refractivity (Wildman–Crippen MR) is 109 cm³/mol. The van der Waals surface area contributed by atoms with E-state index in [0.717, 1.165) is 18.0 Å². The highest BCUT2D eigenvalue weighted by Gasteiger charge is 2.17. The molecule has 0 saturated heterocycles. The number of halogens is 1. The Morgan fingerprint density at radius 2 is 2.04 bits per heavy atom. The first-order valence-electron chi connectivity index (χ1n) is 9.54. The number of benzene rings is 1. The highest BCUT2D eigenvalue weighted by Crippen LogP contribution is 2.27. The summed E-state index contributed by atoms with van der Waals surface area (Å²) in [5, 5.41) is 4.86. The molecule has 1 aliphatic carbocycles. The topological polar surface area (TPSA) is 43.3 Å². The molecule has 1 aliphatic rings. The Hall–Kier alpha value is -1.52. The molecule has 2 aromatic rings. The van der Waals surface area contributed by atoms with Gasteiger partial charge in [0.15, 0.2) is 0 Å². The smallest absolute Gasteiger partial charge is 0.325 e. The fourth-order valence-electron chi connectivity index (χ4n) is 4.11. The zero-order chi connectivity index (χ0) is 17.6. The quantitative estimate of drug-likeness (QED) is 0.711. The van der Waals surface area contributed by atoms with Gasteiger partial charge in [-0.2, -0.15) is 0 Å². The van der Waals surface area contributed by atoms with Crippen LogP contribution in [0.25, 0.3) is 10.9 Å². The summed E-state index contributed by atoms with van der Waals surface area (Å²) in [4.78, 5) is 11.7. The average molecular weight is 379 g/mol. The van der Waals surface area contributed by atoms with Crippen LogP contribution < -0.4 is 5.32 Å². The number of carbonyl (C=O) groups excluding carboxylic acids is 1. The van der Waals surface area contributed by atoms with Gasteiger partial charge in [-0.1, -0.05) is 50.3 Å². The fourth-order valence-corrected chi connectivity index (χ4v) is 4.11. The van der Waals surface area contributed by atoms with Gasteiger partial charge in [0.05, 0.1) is 12.6 Å². The van der Waals surface area contributed by atoms with Crippen molar-refractivity contribution < 1.29 is 9.53 Å². The Morgan fingerprint density at radius 1 is 1.27 bits per heavy atom. The van der Waals surface area contributed by atoms with Gasteiger partial charge in [0.1, 0.15) is 6.54 Å². The van der Waals surface area contributed by atoms with Crippen molar-refractivity contribution in [1.82, 2.24) is 9.88 Å². The van der Waals surface area contributed by atoms with Gasteiger partial charge in [-0.3, -0.25) is 4.79 Å². The molecule has 1 unspecified atom stereocenters. The molecule has 4 nitrogen and oxygen atoms in total. The van der Waals surface area contributed by atoms with Crippen molar-refractivity contribution in [2.24, 2.45) is 5.92 Å². The number of hydrogen-bond acceptors (Lipinski definition) is 3. The first kappa shape index (κ1) is 20.8. The normalized spacial score (nSPS) is 16.2. The lowest BCUT2D eigenvalue weighted by Crippen LogP contribution is -2.28. The van der Waals surface area contributed by atoms with Crippen LogP contribution in [0.1, 0.15) is 51.0 Å². The molecule has 1 heterocycles. The number of nitrogens with zero attached hydrogens (tertiary/aromatic N) is 1. The Balaban J connectivity index is 0.00000243. The summed E-state index contributed by atoms with van der Waals surface area (Å²) < 4.78 is 6.81. The molecule has 0 amide bonds. The van der Waals surface area contributed by atoms with E-state index in [1.165, 1.54) is 56.6 Å². The van der Waals surface area contributed by atoms with Crippen LogP contribution in [0.15, 0.2) is 30.5 Å². The summed E-state index contributed by atoms with van der Waals surface area (Å²) in [5.41, 5.74) is 2.37. The summed E-state index contributed by atoms with van der Waals surface area (Å²) in [6, 6.07) is 8.91. The van der Waals surface area contributed by atoms with Gasteiger partial charge in [0, 0.05) is 18.8 Å². The Labute approximate surface area is 162 Å². The van der Waals surface area contributed by atoms with E-state index in [2.05, 4.69) is 36.5 Å². The standard InChI is InChI=1S/C21H30N2O2.ClH/c1-16(13-17-7-4-3-5-8-17)22-14-19-10-6-9-18-11-12-23(21(18)19)15-20(24)25-2;/h6,9-12,16-17,22H,3-5,7-8,13-15H2,1-2H3;1H. The van der Waals surface area contributed by atoms with Crippen molar-refractivity contribution in [2.75, 3.05) is 7.11 Å². The molecule has 26 heavy (non-hydrogen) atoms. The van der Waals surface area contributed by atoms with E-state index in [4.69, 9.17) is 4.74 Å². The molecule has 144 valence electrons. The number of aromatic nitrogens is 1. The predicted octanol–water partition coefficient (Wildman–Crippen LogP) is 4.68. The van der Waals surface area contributed by atoms with Crippen LogP contribution in [0.2, 0.25) is 0 Å². The highest BCUT2D eigenvalue weighted by molar-refractivity contribution is 5.85. The van der Waals surface area contributed by atoms with E-state index >= 15 is 0 Å². The molecule has 0 radical (unpaired) electrons. The Morgan fingerprint density at radius 3 is 2.77 bits per heavy atom. The third-order valence-electron chi connectivity index (χ3n) is 5.45. The maximum atomic E-state index is 11.7. The summed E-state index contributed by atoms with van der Waals surface area (Å²) >= 11 is 0. The second-order valence-electron chi connectivity index (χ2n) is 7.40. The SMILES string of the molecule is COC(=O)Cn1ccc2cccc(CNC(C)CC3CCCCC3)c21.Cl. The second-order valence-corrected chi connectivity index (χ2v) is 7.40. The fraction of sp³-hybridized carbons (Fsp3) is 0.571. The summed E-state index contributed by atoms with van der Waals surface area (Å²) in [6.45, 7) is 3.38. The minimum absolute atomic E-state index is 0. The van der Waals surface area contributed by atoms with Gasteiger partial charge in [-0.15, -0.1) is 12.4 Å². The molecular weight excluding hydrogens is 348 g/mol. The summed E-state index contributed by atoms with van der Waals surface area (Å²) in [6.07, 6.45) is 10.2. The van der Waals surface area contributed by atoms with Crippen LogP contribution in [0.3, 0.4) is 0 Å². The van der Waals surface area contributed by atoms with Gasteiger partial charge >= 0.3 is 5.97 Å². The number of methoxy groups -OCH3 is 1. The molecule has 1 atom stereocenters. The largest absolute Gasteiger partial charge is 0.468 e. The van der Waals surface area contributed by atoms with E-state index in [1.54, 1.807) is 0 Å². The lowest BCUT2D eigenvalue weighted by atomic mass is 9.85. The van der Waals surface area contributed by atoms with Gasteiger partial charge in [0.2, 0.25) is 0 Å². The van der Waals surface area contributed by atoms with Gasteiger partial charge in [-0.05, 0) is 36.3 Å². The molecule has 3 rings (SSSR count). The monoisotopic (exact) mass is 378 g/mol. The maximum absolute atomic E-state index is 11.7. The van der Waals surface area contributed by atoms with Crippen molar-refractivity contribution in [2.45, 2.75) is 64.6 Å². The zero-order valence-electron chi connectivity index (χ0n) is 15.9. The van der Waals surface area contributed by atoms with Crippen LogP contribution in [0, 0.1) is 5.92 Å².